The van der Waals surface area contributed by atoms with Crippen molar-refractivity contribution in [3.63, 3.8) is 0 Å². The quantitative estimate of drug-likeness (QED) is 0.496. The summed E-state index contributed by atoms with van der Waals surface area (Å²) >= 11 is 5.24. The summed E-state index contributed by atoms with van der Waals surface area (Å²) in [7, 11) is 0. The number of nitrogens with zero attached hydrogens (tertiary/aromatic N) is 1. The molecule has 1 aliphatic rings. The molecular formula is C16H18N4O5S. The van der Waals surface area contributed by atoms with Crippen LogP contribution < -0.4 is 25.7 Å². The lowest BCUT2D eigenvalue weighted by Crippen LogP contribution is -2.34. The highest BCUT2D eigenvalue weighted by Gasteiger charge is 2.17. The van der Waals surface area contributed by atoms with Crippen LogP contribution in [0.25, 0.3) is 10.9 Å². The van der Waals surface area contributed by atoms with Gasteiger partial charge in [-0.3, -0.25) is 19.0 Å². The first-order valence-corrected chi connectivity index (χ1v) is 8.44. The molecule has 26 heavy (non-hydrogen) atoms. The Balaban J connectivity index is 1.71. The molecule has 9 nitrogen and oxygen atoms in total. The van der Waals surface area contributed by atoms with Crippen LogP contribution >= 0.6 is 12.2 Å². The molecule has 0 saturated heterocycles. The molecule has 10 heteroatoms. The van der Waals surface area contributed by atoms with Crippen LogP contribution in [-0.4, -0.2) is 41.2 Å². The summed E-state index contributed by atoms with van der Waals surface area (Å²) in [6.07, 6.45) is 0.0908. The third-order valence-electron chi connectivity index (χ3n) is 3.86. The Morgan fingerprint density at radius 1 is 1.23 bits per heavy atom. The van der Waals surface area contributed by atoms with Gasteiger partial charge in [0.1, 0.15) is 0 Å². The molecule has 3 rings (SSSR count). The topological polar surface area (TPSA) is 114 Å². The minimum atomic E-state index is -0.298. The number of rotatable bonds is 6. The number of amides is 2. The van der Waals surface area contributed by atoms with Crippen LogP contribution in [0.4, 0.5) is 0 Å². The van der Waals surface area contributed by atoms with Crippen molar-refractivity contribution in [2.24, 2.45) is 0 Å². The summed E-state index contributed by atoms with van der Waals surface area (Å²) in [4.78, 5) is 38.3. The highest BCUT2D eigenvalue weighted by atomic mass is 32.1. The zero-order valence-electron chi connectivity index (χ0n) is 14.1. The molecule has 138 valence electrons. The summed E-state index contributed by atoms with van der Waals surface area (Å²) in [5.41, 5.74) is 0.258. The fourth-order valence-corrected chi connectivity index (χ4v) is 2.87. The van der Waals surface area contributed by atoms with Gasteiger partial charge >= 0.3 is 0 Å². The Morgan fingerprint density at radius 3 is 2.65 bits per heavy atom. The van der Waals surface area contributed by atoms with Crippen LogP contribution in [0.3, 0.4) is 0 Å². The van der Waals surface area contributed by atoms with E-state index in [2.05, 4.69) is 15.6 Å². The third kappa shape index (κ3) is 3.85. The van der Waals surface area contributed by atoms with E-state index in [0.29, 0.717) is 35.5 Å². The van der Waals surface area contributed by atoms with E-state index < -0.39 is 0 Å². The number of nitrogens with one attached hydrogen (secondary N) is 3. The van der Waals surface area contributed by atoms with Crippen LogP contribution in [0, 0.1) is 4.77 Å². The zero-order valence-corrected chi connectivity index (χ0v) is 14.9. The van der Waals surface area contributed by atoms with E-state index in [-0.39, 0.29) is 41.9 Å². The van der Waals surface area contributed by atoms with Crippen LogP contribution in [0.5, 0.6) is 11.5 Å². The number of hydrogen-bond acceptors (Lipinski definition) is 6. The molecule has 0 spiro atoms. The molecule has 1 aromatic carbocycles. The molecular weight excluding hydrogens is 360 g/mol. The van der Waals surface area contributed by atoms with E-state index in [9.17, 15) is 14.4 Å². The maximum atomic E-state index is 12.7. The lowest BCUT2D eigenvalue weighted by molar-refractivity contribution is -0.122. The van der Waals surface area contributed by atoms with Crippen molar-refractivity contribution in [2.45, 2.75) is 19.9 Å². The number of aromatic nitrogens is 2. The van der Waals surface area contributed by atoms with Gasteiger partial charge in [0.05, 0.1) is 10.9 Å². The van der Waals surface area contributed by atoms with Crippen molar-refractivity contribution in [1.82, 2.24) is 20.2 Å². The monoisotopic (exact) mass is 378 g/mol. The van der Waals surface area contributed by atoms with E-state index in [1.807, 2.05) is 0 Å². The number of benzene rings is 1. The van der Waals surface area contributed by atoms with E-state index in [4.69, 9.17) is 21.7 Å². The van der Waals surface area contributed by atoms with Gasteiger partial charge in [-0.15, -0.1) is 0 Å². The number of aromatic amines is 1. The summed E-state index contributed by atoms with van der Waals surface area (Å²) in [6, 6.07) is 3.28. The number of H-pyrrole nitrogens is 1. The molecule has 2 aromatic rings. The average Bonchev–Trinajstić information content (AvgIpc) is 3.04. The molecule has 0 radical (unpaired) electrons. The first-order valence-electron chi connectivity index (χ1n) is 8.03. The molecule has 0 aliphatic carbocycles. The molecule has 1 aromatic heterocycles. The van der Waals surface area contributed by atoms with Gasteiger partial charge < -0.3 is 25.1 Å². The van der Waals surface area contributed by atoms with Crippen LogP contribution in [-0.2, 0) is 16.1 Å². The summed E-state index contributed by atoms with van der Waals surface area (Å²) < 4.78 is 12.2. The first-order chi connectivity index (χ1) is 12.5. The predicted molar refractivity (Wildman–Crippen MR) is 95.8 cm³/mol. The Kier molecular flexibility index (Phi) is 5.21. The van der Waals surface area contributed by atoms with Crippen LogP contribution in [0.2, 0.25) is 0 Å². The smallest absolute Gasteiger partial charge is 0.262 e. The zero-order chi connectivity index (χ0) is 18.7. The van der Waals surface area contributed by atoms with Gasteiger partial charge in [0.25, 0.3) is 5.56 Å². The maximum absolute atomic E-state index is 12.7. The van der Waals surface area contributed by atoms with E-state index in [1.165, 1.54) is 11.5 Å². The highest BCUT2D eigenvalue weighted by molar-refractivity contribution is 7.71. The maximum Gasteiger partial charge on any atom is 0.262 e. The van der Waals surface area contributed by atoms with Gasteiger partial charge in [-0.1, -0.05) is 0 Å². The SMILES string of the molecule is CC(=O)NCCNC(=O)CCn1c(=S)[nH]c2cc3c(cc2c1=O)OCO3. The molecule has 0 atom stereocenters. The Bertz CT molecular complexity index is 981. The van der Waals surface area contributed by atoms with Gasteiger partial charge in [-0.05, 0) is 18.3 Å². The van der Waals surface area contributed by atoms with Crippen LogP contribution in [0.15, 0.2) is 16.9 Å². The summed E-state index contributed by atoms with van der Waals surface area (Å²) in [5, 5.41) is 5.66. The number of carbonyl (C=O) groups is 2. The molecule has 0 bridgehead atoms. The van der Waals surface area contributed by atoms with Gasteiger partial charge in [0.2, 0.25) is 18.6 Å². The van der Waals surface area contributed by atoms with E-state index >= 15 is 0 Å². The molecule has 1 aliphatic heterocycles. The first kappa shape index (κ1) is 17.9. The van der Waals surface area contributed by atoms with Crippen molar-refractivity contribution in [3.8, 4) is 11.5 Å². The lowest BCUT2D eigenvalue weighted by Gasteiger charge is -2.09. The largest absolute Gasteiger partial charge is 0.454 e. The van der Waals surface area contributed by atoms with E-state index in [1.54, 1.807) is 12.1 Å². The van der Waals surface area contributed by atoms with E-state index in [0.717, 1.165) is 0 Å². The Morgan fingerprint density at radius 2 is 1.92 bits per heavy atom. The number of fused-ring (bicyclic) bond motifs is 2. The predicted octanol–water partition coefficient (Wildman–Crippen LogP) is 0.430. The number of hydrogen-bond donors (Lipinski definition) is 3. The van der Waals surface area contributed by atoms with Gasteiger partial charge in [0, 0.05) is 39.0 Å². The molecule has 2 heterocycles. The normalized spacial score (nSPS) is 12.2. The third-order valence-corrected chi connectivity index (χ3v) is 4.18. The Hall–Kier alpha value is -2.88. The van der Waals surface area contributed by atoms with Gasteiger partial charge in [0.15, 0.2) is 16.3 Å². The molecule has 0 fully saturated rings. The highest BCUT2D eigenvalue weighted by Crippen LogP contribution is 2.34. The van der Waals surface area contributed by atoms with Crippen molar-refractivity contribution in [3.05, 3.63) is 27.3 Å². The molecule has 3 N–H and O–H groups in total. The number of ether oxygens (including phenoxy) is 2. The minimum absolute atomic E-state index is 0.0908. The standard InChI is InChI=1S/C16H18N4O5S/c1-9(21)17-3-4-18-14(22)2-5-20-15(23)10-6-12-13(25-8-24-12)7-11(10)19-16(20)26/h6-7H,2-5,8H2,1H3,(H,17,21)(H,18,22)(H,19,26). The van der Waals surface area contributed by atoms with Gasteiger partial charge in [-0.25, -0.2) is 0 Å². The van der Waals surface area contributed by atoms with Crippen LogP contribution in [0.1, 0.15) is 13.3 Å². The second kappa shape index (κ2) is 7.56. The fraction of sp³-hybridized carbons (Fsp3) is 0.375. The van der Waals surface area contributed by atoms with Crippen molar-refractivity contribution >= 4 is 34.9 Å². The molecule has 0 unspecified atom stereocenters. The molecule has 0 saturated carbocycles. The van der Waals surface area contributed by atoms with Crippen molar-refractivity contribution in [1.29, 1.82) is 0 Å². The minimum Gasteiger partial charge on any atom is -0.454 e. The van der Waals surface area contributed by atoms with Crippen molar-refractivity contribution < 1.29 is 19.1 Å². The Labute approximate surface area is 153 Å². The summed E-state index contributed by atoms with van der Waals surface area (Å²) in [6.45, 7) is 2.33. The second-order valence-electron chi connectivity index (χ2n) is 5.72. The number of carbonyl (C=O) groups excluding carboxylic acids is 2. The van der Waals surface area contributed by atoms with Gasteiger partial charge in [-0.2, -0.15) is 0 Å². The van der Waals surface area contributed by atoms with Crippen molar-refractivity contribution in [2.75, 3.05) is 19.9 Å². The summed E-state index contributed by atoms with van der Waals surface area (Å²) in [5.74, 6) is 0.665. The fourth-order valence-electron chi connectivity index (χ4n) is 2.59. The molecule has 2 amide bonds. The lowest BCUT2D eigenvalue weighted by atomic mass is 10.2. The average molecular weight is 378 g/mol. The second-order valence-corrected chi connectivity index (χ2v) is 6.11.